The van der Waals surface area contributed by atoms with Crippen LogP contribution in [0.5, 0.6) is 0 Å². The molecule has 0 spiro atoms. The maximum atomic E-state index is 5.79. The smallest absolute Gasteiger partial charge is 0.169 e. The Kier molecular flexibility index (Phi) is 6.89. The molecule has 150 valence electrons. The fourth-order valence-electron chi connectivity index (χ4n) is 2.99. The van der Waals surface area contributed by atoms with Crippen molar-refractivity contribution >= 4 is 50.9 Å². The number of aromatic nitrogens is 1. The van der Waals surface area contributed by atoms with E-state index in [9.17, 15) is 0 Å². The summed E-state index contributed by atoms with van der Waals surface area (Å²) in [6, 6.07) is 10.3. The van der Waals surface area contributed by atoms with Gasteiger partial charge in [-0.05, 0) is 29.9 Å². The van der Waals surface area contributed by atoms with E-state index < -0.39 is 0 Å². The Labute approximate surface area is 181 Å². The number of benzene rings is 1. The second-order valence-electron chi connectivity index (χ2n) is 8.14. The lowest BCUT2D eigenvalue weighted by atomic mass is 9.96. The molecule has 0 atom stereocenters. The SMILES string of the molecule is Cc1cc(CSC(=S)N2CC(C)(C)CSC2=Nc2ccccc2C(C)C)on1. The quantitative estimate of drug-likeness (QED) is 0.521. The molecule has 0 amide bonds. The van der Waals surface area contributed by atoms with E-state index in [2.05, 4.69) is 56.0 Å². The molecule has 0 aliphatic carbocycles. The second kappa shape index (κ2) is 9.01. The lowest BCUT2D eigenvalue weighted by Gasteiger charge is -2.39. The van der Waals surface area contributed by atoms with Crippen LogP contribution >= 0.6 is 35.7 Å². The first-order valence-electron chi connectivity index (χ1n) is 9.42. The summed E-state index contributed by atoms with van der Waals surface area (Å²) in [5, 5.41) is 4.94. The van der Waals surface area contributed by atoms with Crippen molar-refractivity contribution in [1.82, 2.24) is 10.1 Å². The number of thiocarbonyl (C=S) groups is 1. The van der Waals surface area contributed by atoms with E-state index in [4.69, 9.17) is 21.7 Å². The van der Waals surface area contributed by atoms with E-state index in [0.717, 1.165) is 38.9 Å². The number of hydrogen-bond acceptors (Lipinski definition) is 6. The number of hydrogen-bond donors (Lipinski definition) is 0. The molecule has 2 aromatic rings. The molecule has 1 fully saturated rings. The van der Waals surface area contributed by atoms with Crippen LogP contribution in [0.2, 0.25) is 0 Å². The van der Waals surface area contributed by atoms with Gasteiger partial charge in [0.2, 0.25) is 0 Å². The van der Waals surface area contributed by atoms with Gasteiger partial charge in [0.15, 0.2) is 5.17 Å². The molecule has 28 heavy (non-hydrogen) atoms. The van der Waals surface area contributed by atoms with Crippen molar-refractivity contribution in [2.45, 2.75) is 46.3 Å². The molecule has 1 aromatic carbocycles. The van der Waals surface area contributed by atoms with Gasteiger partial charge in [0.1, 0.15) is 10.1 Å². The van der Waals surface area contributed by atoms with Crippen molar-refractivity contribution in [2.75, 3.05) is 12.3 Å². The zero-order valence-corrected chi connectivity index (χ0v) is 19.5. The number of nitrogens with zero attached hydrogens (tertiary/aromatic N) is 3. The third-order valence-corrected chi connectivity index (χ3v) is 7.38. The van der Waals surface area contributed by atoms with Gasteiger partial charge in [-0.3, -0.25) is 0 Å². The predicted octanol–water partition coefficient (Wildman–Crippen LogP) is 6.39. The van der Waals surface area contributed by atoms with Crippen LogP contribution < -0.4 is 0 Å². The fourth-order valence-corrected chi connectivity index (χ4v) is 5.23. The Morgan fingerprint density at radius 3 is 2.82 bits per heavy atom. The largest absolute Gasteiger partial charge is 0.360 e. The van der Waals surface area contributed by atoms with Crippen LogP contribution in [-0.4, -0.2) is 31.8 Å². The highest BCUT2D eigenvalue weighted by molar-refractivity contribution is 8.22. The lowest BCUT2D eigenvalue weighted by molar-refractivity contribution is 0.348. The Bertz CT molecular complexity index is 873. The van der Waals surface area contributed by atoms with Crippen LogP contribution in [0, 0.1) is 12.3 Å². The number of rotatable bonds is 4. The normalized spacial score (nSPS) is 18.1. The van der Waals surface area contributed by atoms with Gasteiger partial charge in [0, 0.05) is 18.4 Å². The van der Waals surface area contributed by atoms with Crippen LogP contribution in [0.4, 0.5) is 5.69 Å². The lowest BCUT2D eigenvalue weighted by Crippen LogP contribution is -2.45. The average molecular weight is 434 g/mol. The third kappa shape index (κ3) is 5.39. The monoisotopic (exact) mass is 433 g/mol. The highest BCUT2D eigenvalue weighted by Crippen LogP contribution is 2.36. The van der Waals surface area contributed by atoms with E-state index in [0.29, 0.717) is 11.7 Å². The molecule has 7 heteroatoms. The van der Waals surface area contributed by atoms with Gasteiger partial charge in [-0.1, -0.05) is 86.8 Å². The molecule has 0 bridgehead atoms. The van der Waals surface area contributed by atoms with Gasteiger partial charge in [0.05, 0.1) is 17.1 Å². The molecule has 4 nitrogen and oxygen atoms in total. The van der Waals surface area contributed by atoms with Gasteiger partial charge < -0.3 is 9.42 Å². The molecule has 1 aromatic heterocycles. The summed E-state index contributed by atoms with van der Waals surface area (Å²) in [5.74, 6) is 2.98. The van der Waals surface area contributed by atoms with Crippen LogP contribution in [0.25, 0.3) is 0 Å². The van der Waals surface area contributed by atoms with Crippen LogP contribution in [0.1, 0.15) is 50.6 Å². The molecule has 1 saturated heterocycles. The first kappa shape index (κ1) is 21.4. The molecule has 1 aliphatic rings. The zero-order valence-electron chi connectivity index (χ0n) is 17.1. The van der Waals surface area contributed by atoms with Crippen LogP contribution in [0.15, 0.2) is 39.8 Å². The summed E-state index contributed by atoms with van der Waals surface area (Å²) in [7, 11) is 0. The van der Waals surface area contributed by atoms with Crippen molar-refractivity contribution in [2.24, 2.45) is 10.4 Å². The molecule has 0 unspecified atom stereocenters. The summed E-state index contributed by atoms with van der Waals surface area (Å²) in [5.41, 5.74) is 3.36. The topological polar surface area (TPSA) is 41.6 Å². The average Bonchev–Trinajstić information content (AvgIpc) is 3.06. The number of aliphatic imine (C=N–C) groups is 1. The number of para-hydroxylation sites is 1. The molecule has 1 aliphatic heterocycles. The molecular weight excluding hydrogens is 406 g/mol. The van der Waals surface area contributed by atoms with Gasteiger partial charge in [-0.2, -0.15) is 0 Å². The highest BCUT2D eigenvalue weighted by Gasteiger charge is 2.33. The number of aryl methyl sites for hydroxylation is 1. The van der Waals surface area contributed by atoms with E-state index in [1.807, 2.05) is 19.1 Å². The Hall–Kier alpha value is -1.31. The summed E-state index contributed by atoms with van der Waals surface area (Å²) in [6.07, 6.45) is 0. The van der Waals surface area contributed by atoms with E-state index in [1.54, 1.807) is 23.5 Å². The first-order valence-corrected chi connectivity index (χ1v) is 11.8. The minimum atomic E-state index is 0.175. The van der Waals surface area contributed by atoms with Gasteiger partial charge in [0.25, 0.3) is 0 Å². The molecule has 2 heterocycles. The van der Waals surface area contributed by atoms with Crippen molar-refractivity contribution in [3.63, 3.8) is 0 Å². The van der Waals surface area contributed by atoms with Gasteiger partial charge in [-0.25, -0.2) is 4.99 Å². The zero-order chi connectivity index (χ0) is 20.3. The highest BCUT2D eigenvalue weighted by atomic mass is 32.2. The Morgan fingerprint density at radius 2 is 2.14 bits per heavy atom. The van der Waals surface area contributed by atoms with E-state index in [-0.39, 0.29) is 5.41 Å². The maximum Gasteiger partial charge on any atom is 0.169 e. The number of amidine groups is 1. The molecular formula is C21H27N3OS3. The number of thioether (sulfide) groups is 2. The third-order valence-electron chi connectivity index (χ3n) is 4.42. The molecule has 0 N–H and O–H groups in total. The second-order valence-corrected chi connectivity index (χ2v) is 10.7. The van der Waals surface area contributed by atoms with Crippen molar-refractivity contribution < 1.29 is 4.52 Å². The first-order chi connectivity index (χ1) is 13.2. The summed E-state index contributed by atoms with van der Waals surface area (Å²) in [4.78, 5) is 7.22. The molecule has 0 radical (unpaired) electrons. The van der Waals surface area contributed by atoms with E-state index in [1.165, 1.54) is 5.56 Å². The maximum absolute atomic E-state index is 5.79. The summed E-state index contributed by atoms with van der Waals surface area (Å²) < 4.78 is 6.15. The predicted molar refractivity (Wildman–Crippen MR) is 126 cm³/mol. The van der Waals surface area contributed by atoms with Crippen molar-refractivity contribution in [1.29, 1.82) is 0 Å². The standard InChI is InChI=1S/C21H27N3OS3/c1-14(2)17-8-6-7-9-18(17)22-19-24(12-21(4,5)13-28-19)20(26)27-11-16-10-15(3)23-25-16/h6-10,14H,11-13H2,1-5H3. The minimum Gasteiger partial charge on any atom is -0.360 e. The van der Waals surface area contributed by atoms with Crippen molar-refractivity contribution in [3.8, 4) is 0 Å². The summed E-state index contributed by atoms with van der Waals surface area (Å²) in [6.45, 7) is 11.8. The van der Waals surface area contributed by atoms with Gasteiger partial charge in [-0.15, -0.1) is 0 Å². The molecule has 0 saturated carbocycles. The van der Waals surface area contributed by atoms with Gasteiger partial charge >= 0.3 is 0 Å². The molecule has 3 rings (SSSR count). The van der Waals surface area contributed by atoms with Crippen LogP contribution in [-0.2, 0) is 5.75 Å². The van der Waals surface area contributed by atoms with Crippen LogP contribution in [0.3, 0.4) is 0 Å². The minimum absolute atomic E-state index is 0.175. The summed E-state index contributed by atoms with van der Waals surface area (Å²) >= 11 is 9.18. The van der Waals surface area contributed by atoms with E-state index >= 15 is 0 Å². The van der Waals surface area contributed by atoms with Crippen molar-refractivity contribution in [3.05, 3.63) is 47.3 Å². The fraction of sp³-hybridized carbons (Fsp3) is 0.476. The Balaban J connectivity index is 1.83. The Morgan fingerprint density at radius 1 is 1.39 bits per heavy atom.